The molecule has 0 aliphatic carbocycles. The number of benzene rings is 2. The highest BCUT2D eigenvalue weighted by Gasteiger charge is 2.30. The Kier molecular flexibility index (Phi) is 4.24. The minimum Gasteiger partial charge on any atom is -0.492 e. The first kappa shape index (κ1) is 16.2. The maximum absolute atomic E-state index is 12.9. The number of hydrogen-bond donors (Lipinski definition) is 1. The minimum absolute atomic E-state index is 0.110. The summed E-state index contributed by atoms with van der Waals surface area (Å²) in [5, 5.41) is 5.69. The maximum Gasteiger partial charge on any atom is 0.232 e. The van der Waals surface area contributed by atoms with Gasteiger partial charge in [-0.3, -0.25) is 9.78 Å². The fourth-order valence-corrected chi connectivity index (χ4v) is 3.49. The van der Waals surface area contributed by atoms with Crippen LogP contribution in [-0.2, 0) is 4.79 Å². The van der Waals surface area contributed by atoms with Gasteiger partial charge in [0.15, 0.2) is 0 Å². The van der Waals surface area contributed by atoms with Gasteiger partial charge in [-0.2, -0.15) is 0 Å². The summed E-state index contributed by atoms with van der Waals surface area (Å²) in [5.41, 5.74) is 1.45. The second kappa shape index (κ2) is 6.54. The van der Waals surface area contributed by atoms with Crippen molar-refractivity contribution in [2.24, 2.45) is 0 Å². The van der Waals surface area contributed by atoms with E-state index in [4.69, 9.17) is 27.9 Å². The largest absolute Gasteiger partial charge is 0.492 e. The van der Waals surface area contributed by atoms with Gasteiger partial charge in [-0.25, -0.2) is 0 Å². The van der Waals surface area contributed by atoms with Crippen LogP contribution in [0.5, 0.6) is 5.75 Å². The van der Waals surface area contributed by atoms with E-state index in [1.165, 1.54) is 0 Å². The van der Waals surface area contributed by atoms with Gasteiger partial charge in [-0.05, 0) is 12.5 Å². The van der Waals surface area contributed by atoms with Crippen LogP contribution in [0.4, 0.5) is 5.69 Å². The summed E-state index contributed by atoms with van der Waals surface area (Å²) < 4.78 is 5.63. The maximum atomic E-state index is 12.9. The third-order valence-electron chi connectivity index (χ3n) is 4.35. The average Bonchev–Trinajstić information content (AvgIpc) is 2.64. The number of halogens is 2. The van der Waals surface area contributed by atoms with Gasteiger partial charge in [0.2, 0.25) is 5.91 Å². The quantitative estimate of drug-likeness (QED) is 0.684. The van der Waals surface area contributed by atoms with Crippen LogP contribution < -0.4 is 10.1 Å². The zero-order chi connectivity index (χ0) is 17.4. The number of amides is 1. The third kappa shape index (κ3) is 2.92. The molecule has 25 heavy (non-hydrogen) atoms. The lowest BCUT2D eigenvalue weighted by Gasteiger charge is -2.26. The van der Waals surface area contributed by atoms with E-state index >= 15 is 0 Å². The molecule has 2 aromatic carbocycles. The molecule has 1 unspecified atom stereocenters. The van der Waals surface area contributed by atoms with Gasteiger partial charge in [0.1, 0.15) is 10.8 Å². The van der Waals surface area contributed by atoms with E-state index in [9.17, 15) is 4.79 Å². The average molecular weight is 373 g/mol. The Morgan fingerprint density at radius 2 is 2.00 bits per heavy atom. The van der Waals surface area contributed by atoms with Crippen molar-refractivity contribution in [2.75, 3.05) is 11.9 Å². The van der Waals surface area contributed by atoms with Gasteiger partial charge in [0, 0.05) is 22.5 Å². The van der Waals surface area contributed by atoms with Crippen LogP contribution in [0.2, 0.25) is 10.0 Å². The Labute approximate surface area is 154 Å². The first-order chi connectivity index (χ1) is 12.1. The molecule has 0 fully saturated rings. The van der Waals surface area contributed by atoms with Crippen LogP contribution in [0.25, 0.3) is 10.8 Å². The molecule has 0 spiro atoms. The number of ether oxygens (including phenoxy) is 1. The van der Waals surface area contributed by atoms with Crippen LogP contribution in [0, 0.1) is 0 Å². The van der Waals surface area contributed by atoms with Crippen LogP contribution >= 0.6 is 23.2 Å². The third-order valence-corrected chi connectivity index (χ3v) is 5.14. The zero-order valence-corrected chi connectivity index (χ0v) is 14.6. The molecule has 126 valence electrons. The Morgan fingerprint density at radius 1 is 1.16 bits per heavy atom. The fourth-order valence-electron chi connectivity index (χ4n) is 3.11. The van der Waals surface area contributed by atoms with Crippen molar-refractivity contribution in [3.8, 4) is 5.75 Å². The van der Waals surface area contributed by atoms with Gasteiger partial charge < -0.3 is 10.1 Å². The second-order valence-electron chi connectivity index (χ2n) is 5.87. The summed E-state index contributed by atoms with van der Waals surface area (Å²) in [4.78, 5) is 17.1. The van der Waals surface area contributed by atoms with E-state index in [2.05, 4.69) is 10.3 Å². The van der Waals surface area contributed by atoms with Crippen molar-refractivity contribution >= 4 is 45.6 Å². The number of fused-ring (bicyclic) bond motifs is 2. The number of rotatable bonds is 2. The number of carbonyl (C=O) groups excluding carboxylic acids is 1. The van der Waals surface area contributed by atoms with Gasteiger partial charge in [-0.1, -0.05) is 53.5 Å². The molecule has 2 heterocycles. The van der Waals surface area contributed by atoms with Crippen LogP contribution in [-0.4, -0.2) is 17.5 Å². The van der Waals surface area contributed by atoms with E-state index in [0.717, 1.165) is 16.3 Å². The Bertz CT molecular complexity index is 970. The standard InChI is InChI=1S/C19H14Cl2N2O2/c20-15-6-5-13-14(7-8-25-18(13)17(15)21)19(24)23-16-10-22-9-11-3-1-2-4-12(11)16/h1-6,9-10,14H,7-8H2,(H,23,24). The predicted octanol–water partition coefficient (Wildman–Crippen LogP) is 5.05. The van der Waals surface area contributed by atoms with Gasteiger partial charge in [0.05, 0.1) is 29.4 Å². The molecule has 1 aliphatic heterocycles. The number of carbonyl (C=O) groups is 1. The van der Waals surface area contributed by atoms with Gasteiger partial charge in [-0.15, -0.1) is 0 Å². The summed E-state index contributed by atoms with van der Waals surface area (Å²) in [6.45, 7) is 0.416. The van der Waals surface area contributed by atoms with Gasteiger partial charge >= 0.3 is 0 Å². The summed E-state index contributed by atoms with van der Waals surface area (Å²) in [7, 11) is 0. The normalized spacial score (nSPS) is 16.2. The number of nitrogens with one attached hydrogen (secondary N) is 1. The zero-order valence-electron chi connectivity index (χ0n) is 13.1. The molecule has 4 rings (SSSR count). The number of pyridine rings is 1. The molecule has 1 aromatic heterocycles. The summed E-state index contributed by atoms with van der Waals surface area (Å²) in [6.07, 6.45) is 4.01. The van der Waals surface area contributed by atoms with E-state index in [1.54, 1.807) is 24.5 Å². The van der Waals surface area contributed by atoms with E-state index in [1.807, 2.05) is 24.3 Å². The summed E-state index contributed by atoms with van der Waals surface area (Å²) >= 11 is 12.3. The minimum atomic E-state index is -0.350. The Hall–Kier alpha value is -2.30. The first-order valence-electron chi connectivity index (χ1n) is 7.89. The lowest BCUT2D eigenvalue weighted by molar-refractivity contribution is -0.118. The molecule has 3 aromatic rings. The van der Waals surface area contributed by atoms with E-state index in [0.29, 0.717) is 34.5 Å². The number of hydrogen-bond acceptors (Lipinski definition) is 3. The molecule has 1 atom stereocenters. The molecule has 0 saturated heterocycles. The van der Waals surface area contributed by atoms with Crippen molar-refractivity contribution < 1.29 is 9.53 Å². The number of nitrogens with zero attached hydrogens (tertiary/aromatic N) is 1. The number of aromatic nitrogens is 1. The Balaban J connectivity index is 1.68. The lowest BCUT2D eigenvalue weighted by atomic mass is 9.92. The molecule has 4 nitrogen and oxygen atoms in total. The smallest absolute Gasteiger partial charge is 0.232 e. The lowest BCUT2D eigenvalue weighted by Crippen LogP contribution is -2.26. The van der Waals surface area contributed by atoms with Crippen molar-refractivity contribution in [1.82, 2.24) is 4.98 Å². The van der Waals surface area contributed by atoms with E-state index < -0.39 is 0 Å². The van der Waals surface area contributed by atoms with Crippen molar-refractivity contribution in [2.45, 2.75) is 12.3 Å². The summed E-state index contributed by atoms with van der Waals surface area (Å²) in [5.74, 6) is 0.0372. The fraction of sp³-hybridized carbons (Fsp3) is 0.158. The molecule has 6 heteroatoms. The Morgan fingerprint density at radius 3 is 2.88 bits per heavy atom. The molecule has 1 N–H and O–H groups in total. The number of anilines is 1. The molecular weight excluding hydrogens is 359 g/mol. The van der Waals surface area contributed by atoms with Crippen molar-refractivity contribution in [1.29, 1.82) is 0 Å². The molecule has 1 aliphatic rings. The van der Waals surface area contributed by atoms with Crippen molar-refractivity contribution in [3.05, 3.63) is 64.4 Å². The second-order valence-corrected chi connectivity index (χ2v) is 6.65. The summed E-state index contributed by atoms with van der Waals surface area (Å²) in [6, 6.07) is 11.3. The highest BCUT2D eigenvalue weighted by atomic mass is 35.5. The molecule has 0 bridgehead atoms. The van der Waals surface area contributed by atoms with E-state index in [-0.39, 0.29) is 11.8 Å². The first-order valence-corrected chi connectivity index (χ1v) is 8.65. The molecule has 0 saturated carbocycles. The monoisotopic (exact) mass is 372 g/mol. The molecule has 1 amide bonds. The highest BCUT2D eigenvalue weighted by Crippen LogP contribution is 2.42. The van der Waals surface area contributed by atoms with Crippen LogP contribution in [0.3, 0.4) is 0 Å². The topological polar surface area (TPSA) is 51.2 Å². The van der Waals surface area contributed by atoms with Crippen molar-refractivity contribution in [3.63, 3.8) is 0 Å². The molecule has 0 radical (unpaired) electrons. The molecular formula is C19H14Cl2N2O2. The van der Waals surface area contributed by atoms with Crippen LogP contribution in [0.1, 0.15) is 17.9 Å². The van der Waals surface area contributed by atoms with Gasteiger partial charge in [0.25, 0.3) is 0 Å². The SMILES string of the molecule is O=C(Nc1cncc2ccccc12)C1CCOc2c1ccc(Cl)c2Cl. The van der Waals surface area contributed by atoms with Crippen LogP contribution in [0.15, 0.2) is 48.8 Å². The highest BCUT2D eigenvalue weighted by molar-refractivity contribution is 6.43. The predicted molar refractivity (Wildman–Crippen MR) is 99.7 cm³/mol.